The molecule has 52 heavy (non-hydrogen) atoms. The van der Waals surface area contributed by atoms with Crippen molar-refractivity contribution in [3.63, 3.8) is 0 Å². The molecular formula is C50H49NO. The summed E-state index contributed by atoms with van der Waals surface area (Å²) in [6.45, 7) is 5.47. The molecule has 0 saturated carbocycles. The molecule has 0 spiro atoms. The Hall–Kier alpha value is -4.76. The SMILES string of the molecule is C=C1C(c2ccc(C3(c4ccccc4)C4=CC=CCC4OCC4=C3C=CCC4)cc2)=CC(C2C=CC(C3C=CC=CC3)=CC2)NC1C1=CCCC=C1. The number of nitrogens with one attached hydrogen (secondary N) is 1. The maximum atomic E-state index is 6.72. The normalized spacial score (nSPS) is 30.9. The zero-order chi connectivity index (χ0) is 34.9. The first-order chi connectivity index (χ1) is 25.7. The third-order valence-electron chi connectivity index (χ3n) is 12.3. The van der Waals surface area contributed by atoms with Gasteiger partial charge in [-0.15, -0.1) is 0 Å². The molecule has 5 aliphatic carbocycles. The second-order valence-corrected chi connectivity index (χ2v) is 15.3. The van der Waals surface area contributed by atoms with Crippen LogP contribution in [0, 0.1) is 11.8 Å². The van der Waals surface area contributed by atoms with Gasteiger partial charge in [0.1, 0.15) is 0 Å². The van der Waals surface area contributed by atoms with Crippen LogP contribution in [0.1, 0.15) is 61.6 Å². The van der Waals surface area contributed by atoms with Crippen LogP contribution in [0.25, 0.3) is 5.57 Å². The minimum atomic E-state index is -0.430. The van der Waals surface area contributed by atoms with Gasteiger partial charge >= 0.3 is 0 Å². The number of hydrogen-bond acceptors (Lipinski definition) is 2. The summed E-state index contributed by atoms with van der Waals surface area (Å²) in [6, 6.07) is 21.0. The smallest absolute Gasteiger partial charge is 0.0842 e. The molecule has 260 valence electrons. The van der Waals surface area contributed by atoms with Crippen LogP contribution in [-0.4, -0.2) is 24.8 Å². The Labute approximate surface area is 310 Å². The highest BCUT2D eigenvalue weighted by atomic mass is 16.5. The molecule has 2 heterocycles. The van der Waals surface area contributed by atoms with E-state index in [4.69, 9.17) is 11.3 Å². The standard InChI is InChI=1S/C50H49NO/c1-35-44(33-47(51-49(35)40-17-7-3-8-18-40)39-27-25-37(26-28-39)36-15-5-2-6-16-36)38-29-31-43(32-30-38)50(42-20-9-4-10-21-42)45-22-12-11-19-41(45)34-52-48-24-14-13-23-46(48)50/h2,4-7,9-10,12-15,17-18,20-23,25-27,29-33,36,39,47-49,51H,1,3,8,11,16,19,24,28,34H2. The summed E-state index contributed by atoms with van der Waals surface area (Å²) in [7, 11) is 0. The Morgan fingerprint density at radius 1 is 0.731 bits per heavy atom. The van der Waals surface area contributed by atoms with E-state index in [0.717, 1.165) is 50.5 Å². The van der Waals surface area contributed by atoms with Gasteiger partial charge in [-0.1, -0.05) is 158 Å². The number of ether oxygens (including phenoxy) is 1. The summed E-state index contributed by atoms with van der Waals surface area (Å²) >= 11 is 0. The van der Waals surface area contributed by atoms with E-state index in [1.54, 1.807) is 0 Å². The molecule has 0 radical (unpaired) electrons. The monoisotopic (exact) mass is 679 g/mol. The third-order valence-corrected chi connectivity index (χ3v) is 12.3. The first-order valence-electron chi connectivity index (χ1n) is 19.5. The van der Waals surface area contributed by atoms with Crippen molar-refractivity contribution in [2.45, 2.75) is 68.5 Å². The van der Waals surface area contributed by atoms with Crippen LogP contribution in [-0.2, 0) is 10.2 Å². The lowest BCUT2D eigenvalue weighted by Crippen LogP contribution is -2.46. The molecule has 2 nitrogen and oxygen atoms in total. The number of rotatable bonds is 6. The molecule has 2 aliphatic heterocycles. The second-order valence-electron chi connectivity index (χ2n) is 15.3. The van der Waals surface area contributed by atoms with Crippen LogP contribution in [0.4, 0.5) is 0 Å². The van der Waals surface area contributed by atoms with Crippen molar-refractivity contribution in [1.82, 2.24) is 5.32 Å². The lowest BCUT2D eigenvalue weighted by Gasteiger charge is -2.42. The Kier molecular flexibility index (Phi) is 9.13. The predicted octanol–water partition coefficient (Wildman–Crippen LogP) is 11.1. The molecule has 0 fully saturated rings. The Bertz CT molecular complexity index is 2070. The molecule has 9 rings (SSSR count). The lowest BCUT2D eigenvalue weighted by atomic mass is 9.60. The quantitative estimate of drug-likeness (QED) is 0.328. The zero-order valence-corrected chi connectivity index (χ0v) is 30.1. The fourth-order valence-corrected chi connectivity index (χ4v) is 9.62. The maximum Gasteiger partial charge on any atom is 0.0842 e. The predicted molar refractivity (Wildman–Crippen MR) is 217 cm³/mol. The first-order valence-corrected chi connectivity index (χ1v) is 19.5. The lowest BCUT2D eigenvalue weighted by molar-refractivity contribution is 0.0943. The van der Waals surface area contributed by atoms with Gasteiger partial charge in [0, 0.05) is 12.0 Å². The minimum Gasteiger partial charge on any atom is -0.369 e. The van der Waals surface area contributed by atoms with Crippen LogP contribution < -0.4 is 5.32 Å². The highest BCUT2D eigenvalue weighted by Crippen LogP contribution is 2.53. The van der Waals surface area contributed by atoms with Gasteiger partial charge in [-0.2, -0.15) is 0 Å². The van der Waals surface area contributed by atoms with E-state index >= 15 is 0 Å². The first kappa shape index (κ1) is 33.1. The number of benzene rings is 2. The van der Waals surface area contributed by atoms with Crippen molar-refractivity contribution < 1.29 is 4.74 Å². The molecule has 0 aromatic heterocycles. The van der Waals surface area contributed by atoms with Gasteiger partial charge in [0.15, 0.2) is 0 Å². The summed E-state index contributed by atoms with van der Waals surface area (Å²) in [5, 5.41) is 4.05. The number of hydrogen-bond donors (Lipinski definition) is 1. The summed E-state index contributed by atoms with van der Waals surface area (Å²) in [6.07, 6.45) is 44.8. The number of allylic oxidation sites excluding steroid dienone is 14. The Morgan fingerprint density at radius 2 is 1.58 bits per heavy atom. The van der Waals surface area contributed by atoms with Gasteiger partial charge in [-0.3, -0.25) is 5.32 Å². The molecule has 0 bridgehead atoms. The average Bonchev–Trinajstić information content (AvgIpc) is 3.37. The Morgan fingerprint density at radius 3 is 2.37 bits per heavy atom. The van der Waals surface area contributed by atoms with Gasteiger partial charge < -0.3 is 4.74 Å². The highest BCUT2D eigenvalue weighted by Gasteiger charge is 2.47. The molecule has 0 amide bonds. The van der Waals surface area contributed by atoms with Gasteiger partial charge in [0.25, 0.3) is 0 Å². The molecule has 6 atom stereocenters. The number of fused-ring (bicyclic) bond motifs is 1. The van der Waals surface area contributed by atoms with E-state index in [1.807, 2.05) is 0 Å². The maximum absolute atomic E-state index is 6.72. The fraction of sp³-hybridized carbons (Fsp3) is 0.280. The van der Waals surface area contributed by atoms with Gasteiger partial charge in [0.05, 0.1) is 24.2 Å². The van der Waals surface area contributed by atoms with Crippen LogP contribution in [0.5, 0.6) is 0 Å². The van der Waals surface area contributed by atoms with Gasteiger partial charge in [-0.25, -0.2) is 0 Å². The van der Waals surface area contributed by atoms with Crippen LogP contribution in [0.15, 0.2) is 192 Å². The van der Waals surface area contributed by atoms with E-state index in [0.29, 0.717) is 18.4 Å². The van der Waals surface area contributed by atoms with Crippen molar-refractivity contribution in [3.8, 4) is 0 Å². The minimum absolute atomic E-state index is 0.0397. The molecular weight excluding hydrogens is 631 g/mol. The van der Waals surface area contributed by atoms with Gasteiger partial charge in [0.2, 0.25) is 0 Å². The van der Waals surface area contributed by atoms with Crippen molar-refractivity contribution >= 4 is 5.57 Å². The molecule has 1 N–H and O–H groups in total. The van der Waals surface area contributed by atoms with E-state index in [1.165, 1.54) is 50.1 Å². The van der Waals surface area contributed by atoms with E-state index in [-0.39, 0.29) is 18.2 Å². The van der Waals surface area contributed by atoms with Crippen molar-refractivity contribution in [2.75, 3.05) is 6.61 Å². The van der Waals surface area contributed by atoms with Crippen LogP contribution in [0.3, 0.4) is 0 Å². The summed E-state index contributed by atoms with van der Waals surface area (Å²) < 4.78 is 6.72. The zero-order valence-electron chi connectivity index (χ0n) is 30.1. The molecule has 2 heteroatoms. The average molecular weight is 680 g/mol. The van der Waals surface area contributed by atoms with Crippen molar-refractivity contribution in [1.29, 1.82) is 0 Å². The molecule has 2 aromatic rings. The highest BCUT2D eigenvalue weighted by molar-refractivity contribution is 5.83. The third kappa shape index (κ3) is 5.93. The topological polar surface area (TPSA) is 21.3 Å². The second kappa shape index (κ2) is 14.3. The van der Waals surface area contributed by atoms with Crippen LogP contribution in [0.2, 0.25) is 0 Å². The molecule has 0 saturated heterocycles. The van der Waals surface area contributed by atoms with Crippen molar-refractivity contribution in [2.24, 2.45) is 11.8 Å². The van der Waals surface area contributed by atoms with E-state index < -0.39 is 5.41 Å². The summed E-state index contributed by atoms with van der Waals surface area (Å²) in [4.78, 5) is 0. The molecule has 2 aromatic carbocycles. The summed E-state index contributed by atoms with van der Waals surface area (Å²) in [5.41, 5.74) is 12.7. The largest absolute Gasteiger partial charge is 0.369 e. The fourth-order valence-electron chi connectivity index (χ4n) is 9.62. The van der Waals surface area contributed by atoms with Gasteiger partial charge in [-0.05, 0) is 107 Å². The molecule has 7 aliphatic rings. The van der Waals surface area contributed by atoms with E-state index in [2.05, 4.69) is 157 Å². The van der Waals surface area contributed by atoms with Crippen LogP contribution >= 0.6 is 0 Å². The van der Waals surface area contributed by atoms with Crippen molar-refractivity contribution in [3.05, 3.63) is 209 Å². The van der Waals surface area contributed by atoms with E-state index in [9.17, 15) is 0 Å². The Balaban J connectivity index is 1.12. The summed E-state index contributed by atoms with van der Waals surface area (Å²) in [5.74, 6) is 0.867. The molecule has 6 unspecified atom stereocenters.